The molecule has 0 saturated carbocycles. The fourth-order valence-electron chi connectivity index (χ4n) is 1.94. The first-order valence-corrected chi connectivity index (χ1v) is 6.59. The third-order valence-corrected chi connectivity index (χ3v) is 3.17. The summed E-state index contributed by atoms with van der Waals surface area (Å²) in [7, 11) is 0. The number of carbonyl (C=O) groups is 1. The van der Waals surface area contributed by atoms with E-state index >= 15 is 0 Å². The lowest BCUT2D eigenvalue weighted by atomic mass is 10.2. The lowest BCUT2D eigenvalue weighted by molar-refractivity contribution is -0.384. The van der Waals surface area contributed by atoms with Crippen molar-refractivity contribution in [1.29, 1.82) is 0 Å². The van der Waals surface area contributed by atoms with E-state index in [1.807, 2.05) is 0 Å². The number of benzene rings is 1. The molecule has 1 heterocycles. The van der Waals surface area contributed by atoms with Gasteiger partial charge in [-0.2, -0.15) is 0 Å². The van der Waals surface area contributed by atoms with Crippen LogP contribution < -0.4 is 10.9 Å². The summed E-state index contributed by atoms with van der Waals surface area (Å²) < 4.78 is 1.27. The topological polar surface area (TPSA) is 94.2 Å². The van der Waals surface area contributed by atoms with Crippen LogP contribution in [0.4, 0.5) is 11.4 Å². The molecule has 0 aliphatic carbocycles. The van der Waals surface area contributed by atoms with E-state index in [1.54, 1.807) is 26.0 Å². The van der Waals surface area contributed by atoms with E-state index in [4.69, 9.17) is 0 Å². The van der Waals surface area contributed by atoms with Crippen LogP contribution in [-0.2, 0) is 11.3 Å². The highest BCUT2D eigenvalue weighted by Crippen LogP contribution is 2.21. The van der Waals surface area contributed by atoms with Crippen LogP contribution in [0.15, 0.2) is 41.3 Å². The molecule has 7 heteroatoms. The van der Waals surface area contributed by atoms with Gasteiger partial charge in [0, 0.05) is 24.4 Å². The van der Waals surface area contributed by atoms with E-state index in [0.717, 1.165) is 5.56 Å². The zero-order valence-electron chi connectivity index (χ0n) is 12.2. The Kier molecular flexibility index (Phi) is 4.36. The molecule has 0 aliphatic rings. The molecule has 0 bridgehead atoms. The fourth-order valence-corrected chi connectivity index (χ4v) is 1.94. The van der Waals surface area contributed by atoms with E-state index in [9.17, 15) is 19.7 Å². The molecular formula is C15H15N3O4. The maximum atomic E-state index is 12.0. The molecule has 0 atom stereocenters. The summed E-state index contributed by atoms with van der Waals surface area (Å²) in [5.74, 6) is -0.422. The quantitative estimate of drug-likeness (QED) is 0.690. The van der Waals surface area contributed by atoms with Gasteiger partial charge in [0.1, 0.15) is 6.54 Å². The van der Waals surface area contributed by atoms with Crippen molar-refractivity contribution in [2.45, 2.75) is 20.4 Å². The van der Waals surface area contributed by atoms with Crippen LogP contribution in [0.1, 0.15) is 11.1 Å². The highest BCUT2D eigenvalue weighted by atomic mass is 16.6. The van der Waals surface area contributed by atoms with Crippen molar-refractivity contribution in [2.75, 3.05) is 5.32 Å². The SMILES string of the molecule is Cc1ccn(CC(=O)Nc2cc([N+](=O)[O-])ccc2C)c(=O)c1. The van der Waals surface area contributed by atoms with Gasteiger partial charge in [-0.1, -0.05) is 6.07 Å². The van der Waals surface area contributed by atoms with Crippen molar-refractivity contribution in [3.05, 3.63) is 68.1 Å². The highest BCUT2D eigenvalue weighted by Gasteiger charge is 2.11. The number of nitrogens with one attached hydrogen (secondary N) is 1. The molecule has 0 aliphatic heterocycles. The number of hydrogen-bond acceptors (Lipinski definition) is 4. The number of aromatic nitrogens is 1. The average molecular weight is 301 g/mol. The van der Waals surface area contributed by atoms with Gasteiger partial charge in [0.15, 0.2) is 0 Å². The smallest absolute Gasteiger partial charge is 0.271 e. The van der Waals surface area contributed by atoms with E-state index in [2.05, 4.69) is 5.32 Å². The molecular weight excluding hydrogens is 286 g/mol. The second-order valence-electron chi connectivity index (χ2n) is 4.97. The number of rotatable bonds is 4. The Labute approximate surface area is 126 Å². The highest BCUT2D eigenvalue weighted by molar-refractivity contribution is 5.91. The van der Waals surface area contributed by atoms with Crippen molar-refractivity contribution in [2.24, 2.45) is 0 Å². The van der Waals surface area contributed by atoms with Gasteiger partial charge in [0.25, 0.3) is 11.2 Å². The second kappa shape index (κ2) is 6.21. The third kappa shape index (κ3) is 3.57. The number of aryl methyl sites for hydroxylation is 2. The Bertz CT molecular complexity index is 796. The summed E-state index contributed by atoms with van der Waals surface area (Å²) in [4.78, 5) is 34.0. The number of nitro groups is 1. The minimum atomic E-state index is -0.528. The minimum absolute atomic E-state index is 0.103. The Morgan fingerprint density at radius 3 is 2.64 bits per heavy atom. The summed E-state index contributed by atoms with van der Waals surface area (Å²) in [5.41, 5.74) is 1.50. The van der Waals surface area contributed by atoms with Crippen LogP contribution in [0.2, 0.25) is 0 Å². The Morgan fingerprint density at radius 2 is 2.00 bits per heavy atom. The zero-order chi connectivity index (χ0) is 16.3. The fraction of sp³-hybridized carbons (Fsp3) is 0.200. The van der Waals surface area contributed by atoms with Gasteiger partial charge in [0.2, 0.25) is 5.91 Å². The summed E-state index contributed by atoms with van der Waals surface area (Å²) in [6, 6.07) is 7.39. The number of nitrogens with zero attached hydrogens (tertiary/aromatic N) is 2. The van der Waals surface area contributed by atoms with E-state index < -0.39 is 10.8 Å². The molecule has 1 aromatic carbocycles. The first-order valence-electron chi connectivity index (χ1n) is 6.59. The van der Waals surface area contributed by atoms with E-state index in [1.165, 1.54) is 29.0 Å². The van der Waals surface area contributed by atoms with Gasteiger partial charge in [-0.3, -0.25) is 19.7 Å². The van der Waals surface area contributed by atoms with Crippen molar-refractivity contribution in [1.82, 2.24) is 4.57 Å². The Morgan fingerprint density at radius 1 is 1.27 bits per heavy atom. The van der Waals surface area contributed by atoms with Crippen LogP contribution in [0.5, 0.6) is 0 Å². The first kappa shape index (κ1) is 15.4. The normalized spacial score (nSPS) is 10.3. The lowest BCUT2D eigenvalue weighted by Crippen LogP contribution is -2.27. The number of pyridine rings is 1. The van der Waals surface area contributed by atoms with Crippen LogP contribution in [0, 0.1) is 24.0 Å². The number of amides is 1. The Hall–Kier alpha value is -2.96. The molecule has 2 aromatic rings. The number of anilines is 1. The maximum absolute atomic E-state index is 12.0. The number of carbonyl (C=O) groups excluding carboxylic acids is 1. The Balaban J connectivity index is 2.17. The van der Waals surface area contributed by atoms with Crippen molar-refractivity contribution in [3.8, 4) is 0 Å². The number of hydrogen-bond donors (Lipinski definition) is 1. The predicted octanol–water partition coefficient (Wildman–Crippen LogP) is 2.01. The van der Waals surface area contributed by atoms with Crippen molar-refractivity contribution in [3.63, 3.8) is 0 Å². The van der Waals surface area contributed by atoms with Gasteiger partial charge < -0.3 is 9.88 Å². The molecule has 1 N–H and O–H groups in total. The number of nitro benzene ring substituents is 1. The van der Waals surface area contributed by atoms with Crippen molar-refractivity contribution < 1.29 is 9.72 Å². The van der Waals surface area contributed by atoms with Gasteiger partial charge in [-0.25, -0.2) is 0 Å². The molecule has 1 aromatic heterocycles. The maximum Gasteiger partial charge on any atom is 0.271 e. The minimum Gasteiger partial charge on any atom is -0.324 e. The molecule has 2 rings (SSSR count). The molecule has 114 valence electrons. The summed E-state index contributed by atoms with van der Waals surface area (Å²) in [6.07, 6.45) is 1.54. The van der Waals surface area contributed by atoms with Gasteiger partial charge in [-0.05, 0) is 31.0 Å². The standard InChI is InChI=1S/C15H15N3O4/c1-10-5-6-17(15(20)7-10)9-14(19)16-13-8-12(18(21)22)4-3-11(13)2/h3-8H,9H2,1-2H3,(H,16,19). The zero-order valence-corrected chi connectivity index (χ0v) is 12.2. The summed E-state index contributed by atoms with van der Waals surface area (Å²) in [6.45, 7) is 3.37. The summed E-state index contributed by atoms with van der Waals surface area (Å²) in [5, 5.41) is 13.4. The lowest BCUT2D eigenvalue weighted by Gasteiger charge is -2.09. The molecule has 0 fully saturated rings. The van der Waals surface area contributed by atoms with Crippen LogP contribution in [0.25, 0.3) is 0 Å². The number of non-ortho nitro benzene ring substituents is 1. The van der Waals surface area contributed by atoms with Gasteiger partial charge in [-0.15, -0.1) is 0 Å². The molecule has 22 heavy (non-hydrogen) atoms. The first-order chi connectivity index (χ1) is 10.4. The van der Waals surface area contributed by atoms with Gasteiger partial charge >= 0.3 is 0 Å². The monoisotopic (exact) mass is 301 g/mol. The molecule has 0 spiro atoms. The van der Waals surface area contributed by atoms with Gasteiger partial charge in [0.05, 0.1) is 10.6 Å². The second-order valence-corrected chi connectivity index (χ2v) is 4.97. The van der Waals surface area contributed by atoms with E-state index in [-0.39, 0.29) is 17.8 Å². The molecule has 1 amide bonds. The average Bonchev–Trinajstić information content (AvgIpc) is 2.44. The molecule has 0 unspecified atom stereocenters. The predicted molar refractivity (Wildman–Crippen MR) is 81.9 cm³/mol. The van der Waals surface area contributed by atoms with Crippen LogP contribution >= 0.6 is 0 Å². The molecule has 0 radical (unpaired) electrons. The molecule has 0 saturated heterocycles. The van der Waals surface area contributed by atoms with Crippen LogP contribution in [0.3, 0.4) is 0 Å². The van der Waals surface area contributed by atoms with Crippen molar-refractivity contribution >= 4 is 17.3 Å². The molecule has 7 nitrogen and oxygen atoms in total. The van der Waals surface area contributed by atoms with Crippen LogP contribution in [-0.4, -0.2) is 15.4 Å². The van der Waals surface area contributed by atoms with E-state index in [0.29, 0.717) is 11.3 Å². The largest absolute Gasteiger partial charge is 0.324 e. The third-order valence-electron chi connectivity index (χ3n) is 3.17. The summed E-state index contributed by atoms with van der Waals surface area (Å²) >= 11 is 0.